The Bertz CT molecular complexity index is 1640. The number of benzene rings is 3. The molecule has 5 rings (SSSR count). The van der Waals surface area contributed by atoms with Crippen molar-refractivity contribution in [3.8, 4) is 11.6 Å². The van der Waals surface area contributed by atoms with E-state index >= 15 is 0 Å². The molecule has 1 aliphatic heterocycles. The first-order chi connectivity index (χ1) is 16.5. The molecule has 34 heavy (non-hydrogen) atoms. The molecule has 0 saturated carbocycles. The van der Waals surface area contributed by atoms with Gasteiger partial charge in [-0.25, -0.2) is 19.1 Å². The molecule has 2 N–H and O–H groups in total. The van der Waals surface area contributed by atoms with E-state index in [2.05, 4.69) is 9.98 Å². The zero-order valence-corrected chi connectivity index (χ0v) is 18.1. The van der Waals surface area contributed by atoms with E-state index in [1.807, 2.05) is 30.3 Å². The van der Waals surface area contributed by atoms with Crippen molar-refractivity contribution < 1.29 is 14.6 Å². The van der Waals surface area contributed by atoms with Crippen molar-refractivity contribution in [3.63, 3.8) is 0 Å². The fraction of sp³-hybridized carbons (Fsp3) is 0.0769. The van der Waals surface area contributed by atoms with E-state index < -0.39 is 23.1 Å². The number of rotatable bonds is 4. The van der Waals surface area contributed by atoms with E-state index in [0.717, 1.165) is 9.95 Å². The molecule has 0 amide bonds. The highest BCUT2D eigenvalue weighted by Crippen LogP contribution is 2.37. The Kier molecular flexibility index (Phi) is 5.18. The fourth-order valence-electron chi connectivity index (χ4n) is 4.05. The number of aromatic nitrogens is 2. The average Bonchev–Trinajstić information content (AvgIpc) is 3.20. The minimum Gasteiger partial charge on any atom is -0.494 e. The Morgan fingerprint density at radius 3 is 2.62 bits per heavy atom. The van der Waals surface area contributed by atoms with Gasteiger partial charge in [0.05, 0.1) is 18.0 Å². The molecule has 8 heteroatoms. The lowest BCUT2D eigenvalue weighted by atomic mass is 10.0. The number of carbonyl (C=O) groups excluding carboxylic acids is 1. The van der Waals surface area contributed by atoms with E-state index in [1.165, 1.54) is 6.08 Å². The number of nitrogens with one attached hydrogen (secondary N) is 1. The van der Waals surface area contributed by atoms with Gasteiger partial charge in [0.25, 0.3) is 5.56 Å². The van der Waals surface area contributed by atoms with Crippen molar-refractivity contribution >= 4 is 39.8 Å². The highest BCUT2D eigenvalue weighted by atomic mass is 16.5. The molecule has 2 heterocycles. The number of para-hydroxylation sites is 1. The maximum Gasteiger partial charge on any atom is 0.357 e. The van der Waals surface area contributed by atoms with Crippen molar-refractivity contribution in [1.82, 2.24) is 9.55 Å². The van der Waals surface area contributed by atoms with Gasteiger partial charge in [-0.1, -0.05) is 54.6 Å². The van der Waals surface area contributed by atoms with Crippen LogP contribution in [0.4, 0.5) is 5.69 Å². The van der Waals surface area contributed by atoms with Gasteiger partial charge >= 0.3 is 11.7 Å². The van der Waals surface area contributed by atoms with Gasteiger partial charge in [0.15, 0.2) is 5.71 Å². The van der Waals surface area contributed by atoms with Crippen LogP contribution < -0.4 is 11.2 Å². The Labute approximate surface area is 193 Å². The molecule has 0 radical (unpaired) electrons. The molecule has 0 saturated heterocycles. The minimum atomic E-state index is -0.793. The SMILES string of the molecule is CCOC(=O)C1=Nc2ccccc2/C1=C\c1c(O)n(-c2cccc3ccccc23)c(=O)[nH]c1=O. The summed E-state index contributed by atoms with van der Waals surface area (Å²) in [6, 6.07) is 19.7. The number of aromatic amines is 1. The summed E-state index contributed by atoms with van der Waals surface area (Å²) in [6.07, 6.45) is 1.36. The number of esters is 1. The van der Waals surface area contributed by atoms with Crippen LogP contribution in [-0.2, 0) is 9.53 Å². The van der Waals surface area contributed by atoms with Crippen LogP contribution in [-0.4, -0.2) is 32.9 Å². The third kappa shape index (κ3) is 3.41. The molecule has 0 unspecified atom stereocenters. The van der Waals surface area contributed by atoms with Crippen LogP contribution >= 0.6 is 0 Å². The summed E-state index contributed by atoms with van der Waals surface area (Å²) in [6.45, 7) is 1.83. The summed E-state index contributed by atoms with van der Waals surface area (Å²) in [4.78, 5) is 44.8. The van der Waals surface area contributed by atoms with Crippen LogP contribution in [0.3, 0.4) is 0 Å². The van der Waals surface area contributed by atoms with Crippen molar-refractivity contribution in [2.75, 3.05) is 6.61 Å². The molecule has 0 spiro atoms. The lowest BCUT2D eigenvalue weighted by molar-refractivity contribution is -0.134. The van der Waals surface area contributed by atoms with Crippen LogP contribution in [0.25, 0.3) is 28.1 Å². The van der Waals surface area contributed by atoms with E-state index in [9.17, 15) is 19.5 Å². The number of ether oxygens (including phenoxy) is 1. The summed E-state index contributed by atoms with van der Waals surface area (Å²) in [5.74, 6) is -1.20. The molecule has 0 atom stereocenters. The Hall–Kier alpha value is -4.72. The normalized spacial score (nSPS) is 13.7. The van der Waals surface area contributed by atoms with Crippen molar-refractivity contribution in [2.24, 2.45) is 4.99 Å². The van der Waals surface area contributed by atoms with Crippen LogP contribution in [0.1, 0.15) is 18.1 Å². The molecule has 8 nitrogen and oxygen atoms in total. The topological polar surface area (TPSA) is 114 Å². The Morgan fingerprint density at radius 2 is 1.79 bits per heavy atom. The summed E-state index contributed by atoms with van der Waals surface area (Å²) in [5, 5.41) is 12.7. The smallest absolute Gasteiger partial charge is 0.357 e. The van der Waals surface area contributed by atoms with Gasteiger partial charge in [-0.05, 0) is 30.5 Å². The number of aromatic hydroxyl groups is 1. The largest absolute Gasteiger partial charge is 0.494 e. The molecule has 1 aliphatic rings. The summed E-state index contributed by atoms with van der Waals surface area (Å²) in [7, 11) is 0. The molecule has 0 aliphatic carbocycles. The van der Waals surface area contributed by atoms with E-state index in [-0.39, 0.29) is 17.9 Å². The lowest BCUT2D eigenvalue weighted by Crippen LogP contribution is -2.30. The highest BCUT2D eigenvalue weighted by molar-refractivity contribution is 6.58. The van der Waals surface area contributed by atoms with Gasteiger partial charge in [-0.2, -0.15) is 0 Å². The molecule has 4 aromatic rings. The van der Waals surface area contributed by atoms with Crippen molar-refractivity contribution in [1.29, 1.82) is 0 Å². The maximum atomic E-state index is 12.8. The number of aliphatic imine (C=N–C) groups is 1. The predicted octanol–water partition coefficient (Wildman–Crippen LogP) is 3.57. The quantitative estimate of drug-likeness (QED) is 0.459. The molecular formula is C26H19N3O5. The summed E-state index contributed by atoms with van der Waals surface area (Å²) in [5.41, 5.74) is 0.120. The molecular weight excluding hydrogens is 434 g/mol. The zero-order chi connectivity index (χ0) is 23.8. The van der Waals surface area contributed by atoms with Gasteiger partial charge in [0.2, 0.25) is 5.88 Å². The van der Waals surface area contributed by atoms with Gasteiger partial charge in [-0.15, -0.1) is 0 Å². The Balaban J connectivity index is 1.76. The minimum absolute atomic E-state index is 0.0183. The molecule has 3 aromatic carbocycles. The maximum absolute atomic E-state index is 12.8. The molecule has 1 aromatic heterocycles. The van der Waals surface area contributed by atoms with Gasteiger partial charge in [-0.3, -0.25) is 9.78 Å². The van der Waals surface area contributed by atoms with Gasteiger partial charge in [0.1, 0.15) is 5.56 Å². The van der Waals surface area contributed by atoms with Gasteiger partial charge in [0, 0.05) is 16.5 Å². The van der Waals surface area contributed by atoms with E-state index in [1.54, 1.807) is 43.3 Å². The third-order valence-corrected chi connectivity index (χ3v) is 5.57. The number of H-pyrrole nitrogens is 1. The number of nitrogens with zero attached hydrogens (tertiary/aromatic N) is 2. The fourth-order valence-corrected chi connectivity index (χ4v) is 4.05. The number of fused-ring (bicyclic) bond motifs is 2. The number of hydrogen-bond acceptors (Lipinski definition) is 6. The van der Waals surface area contributed by atoms with Crippen LogP contribution in [0.5, 0.6) is 5.88 Å². The van der Waals surface area contributed by atoms with Crippen LogP contribution in [0, 0.1) is 0 Å². The number of carbonyl (C=O) groups is 1. The zero-order valence-electron chi connectivity index (χ0n) is 18.1. The lowest BCUT2D eigenvalue weighted by Gasteiger charge is -2.13. The summed E-state index contributed by atoms with van der Waals surface area (Å²) >= 11 is 0. The first-order valence-corrected chi connectivity index (χ1v) is 10.6. The average molecular weight is 453 g/mol. The van der Waals surface area contributed by atoms with Crippen LogP contribution in [0.15, 0.2) is 81.3 Å². The predicted molar refractivity (Wildman–Crippen MR) is 130 cm³/mol. The molecule has 168 valence electrons. The van der Waals surface area contributed by atoms with Crippen molar-refractivity contribution in [2.45, 2.75) is 6.92 Å². The first kappa shape index (κ1) is 21.1. The first-order valence-electron chi connectivity index (χ1n) is 10.6. The van der Waals surface area contributed by atoms with Crippen molar-refractivity contribution in [3.05, 3.63) is 98.7 Å². The second-order valence-electron chi connectivity index (χ2n) is 7.59. The Morgan fingerprint density at radius 1 is 1.06 bits per heavy atom. The standard InChI is InChI=1S/C26H19N3O5/c1-2-34-25(32)22-18(17-11-5-6-12-20(17)27-22)14-19-23(30)28-26(33)29(24(19)31)21-13-7-9-15-8-3-4-10-16(15)21/h3-14,31H,2H2,1H3,(H,28,30,33)/b18-14+. The second kappa shape index (κ2) is 8.32. The summed E-state index contributed by atoms with van der Waals surface area (Å²) < 4.78 is 6.17. The van der Waals surface area contributed by atoms with Crippen LogP contribution in [0.2, 0.25) is 0 Å². The monoisotopic (exact) mass is 453 g/mol. The van der Waals surface area contributed by atoms with E-state index in [4.69, 9.17) is 4.74 Å². The highest BCUT2D eigenvalue weighted by Gasteiger charge is 2.28. The van der Waals surface area contributed by atoms with E-state index in [0.29, 0.717) is 27.9 Å². The molecule has 0 fully saturated rings. The number of hydrogen-bond donors (Lipinski definition) is 2. The van der Waals surface area contributed by atoms with Gasteiger partial charge < -0.3 is 9.84 Å². The molecule has 0 bridgehead atoms. The third-order valence-electron chi connectivity index (χ3n) is 5.57. The second-order valence-corrected chi connectivity index (χ2v) is 7.59.